The van der Waals surface area contributed by atoms with Gasteiger partial charge in [-0.1, -0.05) is 59.7 Å². The summed E-state index contributed by atoms with van der Waals surface area (Å²) in [4.78, 5) is 16.7. The van der Waals surface area contributed by atoms with E-state index in [9.17, 15) is 9.90 Å². The Morgan fingerprint density at radius 3 is 1.09 bits per heavy atom. The van der Waals surface area contributed by atoms with Crippen LogP contribution in [-0.2, 0) is 10.2 Å². The SMILES string of the molecule is Cc1ccc(N(C)c2ccc(C(C)(C(=O)O)c3ccc(N(C)c4ccc(C)cc4)cc3)cc2)cc1. The lowest BCUT2D eigenvalue weighted by Crippen LogP contribution is -2.33. The van der Waals surface area contributed by atoms with Crippen LogP contribution in [-0.4, -0.2) is 25.2 Å². The Morgan fingerprint density at radius 2 is 0.829 bits per heavy atom. The molecule has 4 rings (SSSR count). The number of hydrogen-bond acceptors (Lipinski definition) is 3. The van der Waals surface area contributed by atoms with Crippen LogP contribution in [0.1, 0.15) is 29.2 Å². The van der Waals surface area contributed by atoms with E-state index < -0.39 is 11.4 Å². The summed E-state index contributed by atoms with van der Waals surface area (Å²) in [6.07, 6.45) is 0. The summed E-state index contributed by atoms with van der Waals surface area (Å²) in [6, 6.07) is 32.3. The number of anilines is 4. The summed E-state index contributed by atoms with van der Waals surface area (Å²) in [5, 5.41) is 10.3. The van der Waals surface area contributed by atoms with Gasteiger partial charge in [-0.05, 0) is 80.4 Å². The zero-order chi connectivity index (χ0) is 25.2. The minimum atomic E-state index is -1.16. The topological polar surface area (TPSA) is 43.8 Å². The summed E-state index contributed by atoms with van der Waals surface area (Å²) >= 11 is 0. The molecule has 35 heavy (non-hydrogen) atoms. The molecule has 0 amide bonds. The van der Waals surface area contributed by atoms with E-state index in [-0.39, 0.29) is 0 Å². The number of nitrogens with zero attached hydrogens (tertiary/aromatic N) is 2. The van der Waals surface area contributed by atoms with Gasteiger partial charge in [-0.25, -0.2) is 0 Å². The Balaban J connectivity index is 1.61. The molecule has 1 N–H and O–H groups in total. The Bertz CT molecular complexity index is 1200. The third-order valence-corrected chi connectivity index (χ3v) is 6.93. The van der Waals surface area contributed by atoms with Crippen molar-refractivity contribution in [2.45, 2.75) is 26.2 Å². The highest BCUT2D eigenvalue weighted by molar-refractivity contribution is 5.86. The molecule has 0 radical (unpaired) electrons. The van der Waals surface area contributed by atoms with Gasteiger partial charge in [0.1, 0.15) is 5.41 Å². The number of carboxylic acids is 1. The maximum Gasteiger partial charge on any atom is 0.318 e. The second kappa shape index (κ2) is 9.67. The van der Waals surface area contributed by atoms with Crippen LogP contribution in [0.5, 0.6) is 0 Å². The van der Waals surface area contributed by atoms with E-state index in [1.54, 1.807) is 6.92 Å². The molecule has 0 atom stereocenters. The average molecular weight is 465 g/mol. The van der Waals surface area contributed by atoms with Gasteiger partial charge in [0.15, 0.2) is 0 Å². The minimum Gasteiger partial charge on any atom is -0.480 e. The number of rotatable bonds is 7. The molecule has 0 saturated heterocycles. The number of hydrogen-bond donors (Lipinski definition) is 1. The summed E-state index contributed by atoms with van der Waals surface area (Å²) in [7, 11) is 4.03. The molecule has 4 heteroatoms. The number of carboxylic acid groups (broad SMARTS) is 1. The number of aryl methyl sites for hydroxylation is 2. The van der Waals surface area contributed by atoms with Crippen molar-refractivity contribution in [2.24, 2.45) is 0 Å². The first-order valence-corrected chi connectivity index (χ1v) is 11.8. The summed E-state index contributed by atoms with van der Waals surface area (Å²) in [5.74, 6) is -0.878. The zero-order valence-corrected chi connectivity index (χ0v) is 21.0. The highest BCUT2D eigenvalue weighted by Gasteiger charge is 2.37. The molecule has 0 aliphatic rings. The lowest BCUT2D eigenvalue weighted by molar-refractivity contribution is -0.141. The van der Waals surface area contributed by atoms with Gasteiger partial charge in [-0.15, -0.1) is 0 Å². The fourth-order valence-corrected chi connectivity index (χ4v) is 4.29. The monoisotopic (exact) mass is 464 g/mol. The molecule has 4 aromatic carbocycles. The molecule has 0 heterocycles. The first-order valence-electron chi connectivity index (χ1n) is 11.8. The number of benzene rings is 4. The van der Waals surface area contributed by atoms with Gasteiger partial charge in [0.05, 0.1) is 0 Å². The third kappa shape index (κ3) is 4.78. The van der Waals surface area contributed by atoms with Crippen LogP contribution in [0.2, 0.25) is 0 Å². The van der Waals surface area contributed by atoms with Gasteiger partial charge in [-0.3, -0.25) is 4.79 Å². The predicted molar refractivity (Wildman–Crippen MR) is 145 cm³/mol. The van der Waals surface area contributed by atoms with Gasteiger partial charge in [0.2, 0.25) is 0 Å². The molecule has 0 aliphatic heterocycles. The molecular formula is C31H32N2O2. The van der Waals surface area contributed by atoms with E-state index in [2.05, 4.69) is 72.2 Å². The minimum absolute atomic E-state index is 0.741. The Labute approximate surface area is 208 Å². The van der Waals surface area contributed by atoms with Gasteiger partial charge < -0.3 is 14.9 Å². The standard InChI is InChI=1S/C31H32N2O2/c1-22-6-14-26(15-7-22)32(4)28-18-10-24(11-19-28)31(3,30(34)35)25-12-20-29(21-13-25)33(5)27-16-8-23(2)9-17-27/h6-21H,1-5H3,(H,34,35). The van der Waals surface area contributed by atoms with E-state index in [0.717, 1.165) is 33.9 Å². The predicted octanol–water partition coefficient (Wildman–Crippen LogP) is 7.23. The molecule has 0 aromatic heterocycles. The molecule has 0 saturated carbocycles. The van der Waals surface area contributed by atoms with Crippen molar-refractivity contribution in [1.82, 2.24) is 0 Å². The largest absolute Gasteiger partial charge is 0.480 e. The number of carbonyl (C=O) groups is 1. The molecular weight excluding hydrogens is 432 g/mol. The van der Waals surface area contributed by atoms with Crippen molar-refractivity contribution in [3.8, 4) is 0 Å². The molecule has 4 nitrogen and oxygen atoms in total. The van der Waals surface area contributed by atoms with Crippen LogP contribution >= 0.6 is 0 Å². The van der Waals surface area contributed by atoms with Crippen LogP contribution in [0.15, 0.2) is 97.1 Å². The fraction of sp³-hybridized carbons (Fsp3) is 0.194. The first-order chi connectivity index (χ1) is 16.7. The van der Waals surface area contributed by atoms with Gasteiger partial charge >= 0.3 is 5.97 Å². The Hall–Kier alpha value is -4.05. The lowest BCUT2D eigenvalue weighted by atomic mass is 9.76. The molecule has 178 valence electrons. The fourth-order valence-electron chi connectivity index (χ4n) is 4.29. The van der Waals surface area contributed by atoms with E-state index in [0.29, 0.717) is 0 Å². The quantitative estimate of drug-likeness (QED) is 0.313. The van der Waals surface area contributed by atoms with E-state index in [1.165, 1.54) is 11.1 Å². The van der Waals surface area contributed by atoms with Crippen molar-refractivity contribution in [3.05, 3.63) is 119 Å². The highest BCUT2D eigenvalue weighted by Crippen LogP contribution is 2.36. The molecule has 4 aromatic rings. The van der Waals surface area contributed by atoms with Gasteiger partial charge in [0.25, 0.3) is 0 Å². The van der Waals surface area contributed by atoms with Crippen LogP contribution in [0.3, 0.4) is 0 Å². The normalized spacial score (nSPS) is 11.2. The van der Waals surface area contributed by atoms with Crippen LogP contribution in [0.25, 0.3) is 0 Å². The van der Waals surface area contributed by atoms with Gasteiger partial charge in [0, 0.05) is 36.8 Å². The maximum atomic E-state index is 12.5. The van der Waals surface area contributed by atoms with Crippen LogP contribution < -0.4 is 9.80 Å². The van der Waals surface area contributed by atoms with E-state index in [1.807, 2.05) is 62.6 Å². The maximum absolute atomic E-state index is 12.5. The molecule has 0 unspecified atom stereocenters. The highest BCUT2D eigenvalue weighted by atomic mass is 16.4. The first kappa shape index (κ1) is 24.1. The lowest BCUT2D eigenvalue weighted by Gasteiger charge is -2.28. The van der Waals surface area contributed by atoms with Crippen LogP contribution in [0, 0.1) is 13.8 Å². The third-order valence-electron chi connectivity index (χ3n) is 6.93. The van der Waals surface area contributed by atoms with Crippen molar-refractivity contribution < 1.29 is 9.90 Å². The summed E-state index contributed by atoms with van der Waals surface area (Å²) in [5.41, 5.74) is 6.91. The van der Waals surface area contributed by atoms with Crippen molar-refractivity contribution >= 4 is 28.7 Å². The van der Waals surface area contributed by atoms with Crippen molar-refractivity contribution in [2.75, 3.05) is 23.9 Å². The van der Waals surface area contributed by atoms with Crippen molar-refractivity contribution in [3.63, 3.8) is 0 Å². The second-order valence-electron chi connectivity index (χ2n) is 9.31. The molecule has 0 fully saturated rings. The zero-order valence-electron chi connectivity index (χ0n) is 21.0. The van der Waals surface area contributed by atoms with E-state index >= 15 is 0 Å². The van der Waals surface area contributed by atoms with Gasteiger partial charge in [-0.2, -0.15) is 0 Å². The number of aliphatic carboxylic acids is 1. The molecule has 0 aliphatic carbocycles. The van der Waals surface area contributed by atoms with Crippen LogP contribution in [0.4, 0.5) is 22.7 Å². The van der Waals surface area contributed by atoms with E-state index in [4.69, 9.17) is 0 Å². The molecule has 0 spiro atoms. The molecule has 0 bridgehead atoms. The summed E-state index contributed by atoms with van der Waals surface area (Å²) < 4.78 is 0. The smallest absolute Gasteiger partial charge is 0.318 e. The second-order valence-corrected chi connectivity index (χ2v) is 9.31. The summed E-state index contributed by atoms with van der Waals surface area (Å²) in [6.45, 7) is 5.91. The Kier molecular flexibility index (Phi) is 6.65. The van der Waals surface area contributed by atoms with Crippen molar-refractivity contribution in [1.29, 1.82) is 0 Å². The average Bonchev–Trinajstić information content (AvgIpc) is 2.88. The Morgan fingerprint density at radius 1 is 0.571 bits per heavy atom.